The Labute approximate surface area is 155 Å². The molecule has 2 amide bonds. The minimum absolute atomic E-state index is 0.00149. The highest BCUT2D eigenvalue weighted by Crippen LogP contribution is 2.13. The third kappa shape index (κ3) is 4.57. The standard InChI is InChI=1S/C18H20N6O3/c1-11(2)27-17-10-8-15-22-21-14(24(15)23-17)7-9-16(25)20-13-5-3-12(4-6-13)18(19)26/h3-6,8,10-11H,7,9H2,1-2H3,(H2,19,26)(H,20,25). The number of primary amides is 1. The minimum atomic E-state index is -0.514. The average Bonchev–Trinajstić information content (AvgIpc) is 3.02. The van der Waals surface area contributed by atoms with Gasteiger partial charge in [0.15, 0.2) is 11.5 Å². The van der Waals surface area contributed by atoms with Crippen LogP contribution in [-0.2, 0) is 11.2 Å². The van der Waals surface area contributed by atoms with Crippen LogP contribution in [0.15, 0.2) is 36.4 Å². The second-order valence-electron chi connectivity index (χ2n) is 6.21. The summed E-state index contributed by atoms with van der Waals surface area (Å²) >= 11 is 0. The number of aryl methyl sites for hydroxylation is 1. The number of amides is 2. The topological polar surface area (TPSA) is 124 Å². The fourth-order valence-corrected chi connectivity index (χ4v) is 2.44. The molecule has 0 saturated carbocycles. The van der Waals surface area contributed by atoms with Gasteiger partial charge in [-0.1, -0.05) is 0 Å². The molecule has 2 heterocycles. The van der Waals surface area contributed by atoms with Crippen molar-refractivity contribution in [1.82, 2.24) is 19.8 Å². The molecule has 3 N–H and O–H groups in total. The summed E-state index contributed by atoms with van der Waals surface area (Å²) in [5.41, 5.74) is 6.75. The molecule has 0 fully saturated rings. The van der Waals surface area contributed by atoms with Crippen molar-refractivity contribution in [2.45, 2.75) is 32.8 Å². The van der Waals surface area contributed by atoms with Gasteiger partial charge in [-0.15, -0.1) is 15.3 Å². The summed E-state index contributed by atoms with van der Waals surface area (Å²) in [5, 5.41) is 15.3. The quantitative estimate of drug-likeness (QED) is 0.652. The van der Waals surface area contributed by atoms with E-state index >= 15 is 0 Å². The lowest BCUT2D eigenvalue weighted by Crippen LogP contribution is -2.14. The first kappa shape index (κ1) is 18.3. The van der Waals surface area contributed by atoms with Crippen molar-refractivity contribution in [3.63, 3.8) is 0 Å². The van der Waals surface area contributed by atoms with Crippen LogP contribution in [0.1, 0.15) is 36.5 Å². The number of nitrogens with one attached hydrogen (secondary N) is 1. The molecule has 0 saturated heterocycles. The predicted octanol–water partition coefficient (Wildman–Crippen LogP) is 1.58. The van der Waals surface area contributed by atoms with E-state index in [0.717, 1.165) is 0 Å². The second-order valence-corrected chi connectivity index (χ2v) is 6.21. The monoisotopic (exact) mass is 368 g/mol. The molecule has 0 spiro atoms. The molecule has 140 valence electrons. The number of carbonyl (C=O) groups is 2. The number of ether oxygens (including phenoxy) is 1. The number of aromatic nitrogens is 4. The van der Waals surface area contributed by atoms with E-state index in [2.05, 4.69) is 20.6 Å². The molecule has 9 nitrogen and oxygen atoms in total. The Kier molecular flexibility index (Phi) is 5.30. The van der Waals surface area contributed by atoms with Gasteiger partial charge >= 0.3 is 0 Å². The molecule has 27 heavy (non-hydrogen) atoms. The number of benzene rings is 1. The Morgan fingerprint density at radius 2 is 1.89 bits per heavy atom. The summed E-state index contributed by atoms with van der Waals surface area (Å²) < 4.78 is 7.15. The zero-order chi connectivity index (χ0) is 19.4. The van der Waals surface area contributed by atoms with Crippen molar-refractivity contribution in [2.24, 2.45) is 5.73 Å². The first-order valence-corrected chi connectivity index (χ1v) is 8.50. The van der Waals surface area contributed by atoms with E-state index in [1.54, 1.807) is 40.9 Å². The number of nitrogens with zero attached hydrogens (tertiary/aromatic N) is 4. The zero-order valence-corrected chi connectivity index (χ0v) is 15.0. The summed E-state index contributed by atoms with van der Waals surface area (Å²) in [5.74, 6) is 0.337. The lowest BCUT2D eigenvalue weighted by atomic mass is 10.2. The van der Waals surface area contributed by atoms with E-state index in [1.165, 1.54) is 0 Å². The Morgan fingerprint density at radius 3 is 2.56 bits per heavy atom. The van der Waals surface area contributed by atoms with Gasteiger partial charge in [0.25, 0.3) is 0 Å². The molecule has 0 aliphatic carbocycles. The van der Waals surface area contributed by atoms with Crippen LogP contribution in [0, 0.1) is 0 Å². The van der Waals surface area contributed by atoms with E-state index in [-0.39, 0.29) is 18.4 Å². The van der Waals surface area contributed by atoms with Crippen molar-refractivity contribution in [3.05, 3.63) is 47.8 Å². The number of hydrogen-bond donors (Lipinski definition) is 2. The van der Waals surface area contributed by atoms with Gasteiger partial charge in [0.05, 0.1) is 6.10 Å². The largest absolute Gasteiger partial charge is 0.474 e. The zero-order valence-electron chi connectivity index (χ0n) is 15.0. The van der Waals surface area contributed by atoms with Gasteiger partial charge in [-0.3, -0.25) is 9.59 Å². The molecular weight excluding hydrogens is 348 g/mol. The maximum atomic E-state index is 12.2. The van der Waals surface area contributed by atoms with E-state index < -0.39 is 5.91 Å². The normalized spacial score (nSPS) is 10.9. The molecule has 2 aromatic heterocycles. The van der Waals surface area contributed by atoms with Gasteiger partial charge in [0.1, 0.15) is 0 Å². The van der Waals surface area contributed by atoms with Crippen LogP contribution >= 0.6 is 0 Å². The van der Waals surface area contributed by atoms with E-state index in [1.807, 2.05) is 13.8 Å². The van der Waals surface area contributed by atoms with E-state index in [9.17, 15) is 9.59 Å². The van der Waals surface area contributed by atoms with Gasteiger partial charge in [-0.25, -0.2) is 0 Å². The van der Waals surface area contributed by atoms with Gasteiger partial charge in [0, 0.05) is 30.2 Å². The van der Waals surface area contributed by atoms with Crippen molar-refractivity contribution in [2.75, 3.05) is 5.32 Å². The second kappa shape index (κ2) is 7.81. The number of nitrogens with two attached hydrogens (primary N) is 1. The van der Waals surface area contributed by atoms with Crippen molar-refractivity contribution in [1.29, 1.82) is 0 Å². The number of fused-ring (bicyclic) bond motifs is 1. The molecule has 0 aliphatic heterocycles. The lowest BCUT2D eigenvalue weighted by Gasteiger charge is -2.08. The van der Waals surface area contributed by atoms with Gasteiger partial charge < -0.3 is 15.8 Å². The summed E-state index contributed by atoms with van der Waals surface area (Å²) in [7, 11) is 0. The van der Waals surface area contributed by atoms with E-state index in [4.69, 9.17) is 10.5 Å². The van der Waals surface area contributed by atoms with Crippen LogP contribution in [0.4, 0.5) is 5.69 Å². The fraction of sp³-hybridized carbons (Fsp3) is 0.278. The predicted molar refractivity (Wildman–Crippen MR) is 98.5 cm³/mol. The van der Waals surface area contributed by atoms with Crippen LogP contribution in [0.5, 0.6) is 5.88 Å². The molecule has 1 aromatic carbocycles. The Hall–Kier alpha value is -3.49. The van der Waals surface area contributed by atoms with Crippen LogP contribution in [-0.4, -0.2) is 37.7 Å². The molecule has 0 atom stereocenters. The van der Waals surface area contributed by atoms with Crippen molar-refractivity contribution < 1.29 is 14.3 Å². The molecule has 0 aliphatic rings. The number of rotatable bonds is 7. The highest BCUT2D eigenvalue weighted by molar-refractivity contribution is 5.94. The number of carbonyl (C=O) groups excluding carboxylic acids is 2. The maximum absolute atomic E-state index is 12.2. The fourth-order valence-electron chi connectivity index (χ4n) is 2.44. The first-order valence-electron chi connectivity index (χ1n) is 8.50. The SMILES string of the molecule is CC(C)Oc1ccc2nnc(CCC(=O)Nc3ccc(C(N)=O)cc3)n2n1. The Bertz CT molecular complexity index is 965. The molecular formula is C18H20N6O3. The summed E-state index contributed by atoms with van der Waals surface area (Å²) in [6.07, 6.45) is 0.571. The van der Waals surface area contributed by atoms with Crippen molar-refractivity contribution >= 4 is 23.1 Å². The lowest BCUT2D eigenvalue weighted by molar-refractivity contribution is -0.116. The third-order valence-electron chi connectivity index (χ3n) is 3.69. The van der Waals surface area contributed by atoms with Gasteiger partial charge in [-0.05, 0) is 44.2 Å². The summed E-state index contributed by atoms with van der Waals surface area (Å²) in [4.78, 5) is 23.2. The molecule has 3 aromatic rings. The number of hydrogen-bond acceptors (Lipinski definition) is 6. The minimum Gasteiger partial charge on any atom is -0.474 e. The van der Waals surface area contributed by atoms with E-state index in [0.29, 0.717) is 35.0 Å². The van der Waals surface area contributed by atoms with Crippen LogP contribution in [0.25, 0.3) is 5.65 Å². The van der Waals surface area contributed by atoms with Crippen LogP contribution < -0.4 is 15.8 Å². The molecule has 9 heteroatoms. The third-order valence-corrected chi connectivity index (χ3v) is 3.69. The molecule has 0 radical (unpaired) electrons. The molecule has 0 unspecified atom stereocenters. The Balaban J connectivity index is 1.63. The Morgan fingerprint density at radius 1 is 1.15 bits per heavy atom. The highest BCUT2D eigenvalue weighted by atomic mass is 16.5. The number of anilines is 1. The highest BCUT2D eigenvalue weighted by Gasteiger charge is 2.11. The summed E-state index contributed by atoms with van der Waals surface area (Å²) in [6.45, 7) is 3.83. The smallest absolute Gasteiger partial charge is 0.248 e. The molecule has 3 rings (SSSR count). The van der Waals surface area contributed by atoms with Crippen LogP contribution in [0.3, 0.4) is 0 Å². The van der Waals surface area contributed by atoms with Gasteiger partial charge in [-0.2, -0.15) is 4.52 Å². The van der Waals surface area contributed by atoms with Gasteiger partial charge in [0.2, 0.25) is 17.7 Å². The maximum Gasteiger partial charge on any atom is 0.248 e. The average molecular weight is 368 g/mol. The summed E-state index contributed by atoms with van der Waals surface area (Å²) in [6, 6.07) is 9.87. The van der Waals surface area contributed by atoms with Crippen molar-refractivity contribution in [3.8, 4) is 5.88 Å². The molecule has 0 bridgehead atoms. The first-order chi connectivity index (χ1) is 12.9. The van der Waals surface area contributed by atoms with Crippen LogP contribution in [0.2, 0.25) is 0 Å².